The summed E-state index contributed by atoms with van der Waals surface area (Å²) in [6, 6.07) is 16.2. The quantitative estimate of drug-likeness (QED) is 0.634. The first-order valence-electron chi connectivity index (χ1n) is 7.92. The van der Waals surface area contributed by atoms with Crippen LogP contribution in [0.1, 0.15) is 12.5 Å². The molecule has 0 bridgehead atoms. The van der Waals surface area contributed by atoms with Crippen LogP contribution in [0.4, 0.5) is 18.9 Å². The van der Waals surface area contributed by atoms with Gasteiger partial charge in [-0.15, -0.1) is 0 Å². The Morgan fingerprint density at radius 2 is 1.50 bits per heavy atom. The van der Waals surface area contributed by atoms with E-state index < -0.39 is 21.8 Å². The van der Waals surface area contributed by atoms with Crippen molar-refractivity contribution in [2.24, 2.45) is 0 Å². The van der Waals surface area contributed by atoms with E-state index in [0.29, 0.717) is 0 Å². The summed E-state index contributed by atoms with van der Waals surface area (Å²) in [5, 5.41) is 1.68. The number of sulfonamides is 1. The van der Waals surface area contributed by atoms with Crippen molar-refractivity contribution in [3.63, 3.8) is 0 Å². The summed E-state index contributed by atoms with van der Waals surface area (Å²) in [6.45, 7) is 1.73. The second-order valence-electron chi connectivity index (χ2n) is 5.72. The van der Waals surface area contributed by atoms with Crippen molar-refractivity contribution >= 4 is 26.5 Å². The minimum atomic E-state index is -4.47. The second-order valence-corrected chi connectivity index (χ2v) is 7.59. The Bertz CT molecular complexity index is 1030. The third kappa shape index (κ3) is 3.39. The molecule has 0 saturated carbocycles. The van der Waals surface area contributed by atoms with Crippen molar-refractivity contribution in [3.05, 3.63) is 72.3 Å². The monoisotopic (exact) mass is 379 g/mol. The fourth-order valence-corrected chi connectivity index (χ4v) is 4.27. The van der Waals surface area contributed by atoms with Gasteiger partial charge in [-0.2, -0.15) is 13.2 Å². The van der Waals surface area contributed by atoms with Crippen molar-refractivity contribution in [1.29, 1.82) is 0 Å². The molecule has 0 amide bonds. The van der Waals surface area contributed by atoms with Crippen LogP contribution in [0, 0.1) is 0 Å². The predicted octanol–water partition coefficient (Wildman–Crippen LogP) is 5.07. The molecule has 26 heavy (non-hydrogen) atoms. The van der Waals surface area contributed by atoms with Crippen molar-refractivity contribution in [2.75, 3.05) is 10.8 Å². The number of hydrogen-bond donors (Lipinski definition) is 0. The van der Waals surface area contributed by atoms with Crippen molar-refractivity contribution in [3.8, 4) is 0 Å². The van der Waals surface area contributed by atoms with Gasteiger partial charge in [-0.3, -0.25) is 4.31 Å². The van der Waals surface area contributed by atoms with Gasteiger partial charge in [0.15, 0.2) is 0 Å². The average molecular weight is 379 g/mol. The topological polar surface area (TPSA) is 37.4 Å². The summed E-state index contributed by atoms with van der Waals surface area (Å²) in [6.07, 6.45) is -4.47. The van der Waals surface area contributed by atoms with Gasteiger partial charge in [-0.05, 0) is 54.1 Å². The minimum absolute atomic E-state index is 0.0953. The summed E-state index contributed by atoms with van der Waals surface area (Å²) in [4.78, 5) is 0.0953. The predicted molar refractivity (Wildman–Crippen MR) is 95.6 cm³/mol. The molecule has 0 saturated heterocycles. The lowest BCUT2D eigenvalue weighted by Gasteiger charge is -2.23. The fraction of sp³-hybridized carbons (Fsp3) is 0.158. The van der Waals surface area contributed by atoms with Crippen molar-refractivity contribution in [1.82, 2.24) is 0 Å². The maximum atomic E-state index is 13.0. The molecule has 0 radical (unpaired) electrons. The van der Waals surface area contributed by atoms with E-state index in [2.05, 4.69) is 0 Å². The highest BCUT2D eigenvalue weighted by atomic mass is 32.2. The van der Waals surface area contributed by atoms with Crippen LogP contribution in [0.5, 0.6) is 0 Å². The molecule has 7 heteroatoms. The van der Waals surface area contributed by atoms with Crippen LogP contribution in [0.25, 0.3) is 10.8 Å². The summed E-state index contributed by atoms with van der Waals surface area (Å²) in [5.41, 5.74) is -0.630. The van der Waals surface area contributed by atoms with Gasteiger partial charge >= 0.3 is 6.18 Å². The lowest BCUT2D eigenvalue weighted by atomic mass is 10.1. The van der Waals surface area contributed by atoms with Gasteiger partial charge in [-0.25, -0.2) is 8.42 Å². The lowest BCUT2D eigenvalue weighted by Crippen LogP contribution is -2.30. The van der Waals surface area contributed by atoms with Gasteiger partial charge in [-0.1, -0.05) is 30.3 Å². The molecule has 0 heterocycles. The Kier molecular flexibility index (Phi) is 4.66. The van der Waals surface area contributed by atoms with Gasteiger partial charge in [0.05, 0.1) is 16.1 Å². The minimum Gasteiger partial charge on any atom is -0.267 e. The number of nitrogens with zero attached hydrogens (tertiary/aromatic N) is 1. The van der Waals surface area contributed by atoms with E-state index in [-0.39, 0.29) is 17.1 Å². The van der Waals surface area contributed by atoms with Gasteiger partial charge < -0.3 is 0 Å². The van der Waals surface area contributed by atoms with E-state index in [1.54, 1.807) is 19.1 Å². The van der Waals surface area contributed by atoms with Gasteiger partial charge in [0.2, 0.25) is 0 Å². The van der Waals surface area contributed by atoms with Crippen LogP contribution in [0.2, 0.25) is 0 Å². The van der Waals surface area contributed by atoms with Crippen LogP contribution in [0.15, 0.2) is 71.6 Å². The van der Waals surface area contributed by atoms with Crippen LogP contribution in [0.3, 0.4) is 0 Å². The SMILES string of the molecule is CCN(c1ccc(C(F)(F)F)cc1)S(=O)(=O)c1ccc2ccccc2c1. The van der Waals surface area contributed by atoms with Gasteiger partial charge in [0, 0.05) is 6.54 Å². The smallest absolute Gasteiger partial charge is 0.267 e. The van der Waals surface area contributed by atoms with E-state index >= 15 is 0 Å². The van der Waals surface area contributed by atoms with Crippen LogP contribution in [-0.4, -0.2) is 15.0 Å². The Balaban J connectivity index is 2.02. The molecule has 0 aliphatic heterocycles. The zero-order valence-electron chi connectivity index (χ0n) is 13.9. The molecule has 0 aliphatic carbocycles. The Morgan fingerprint density at radius 3 is 2.08 bits per heavy atom. The van der Waals surface area contributed by atoms with Crippen LogP contribution in [-0.2, 0) is 16.2 Å². The molecule has 3 nitrogen and oxygen atoms in total. The van der Waals surface area contributed by atoms with E-state index in [0.717, 1.165) is 27.2 Å². The number of fused-ring (bicyclic) bond motifs is 1. The fourth-order valence-electron chi connectivity index (χ4n) is 2.76. The third-order valence-corrected chi connectivity index (χ3v) is 5.98. The Morgan fingerprint density at radius 1 is 0.885 bits per heavy atom. The molecule has 0 aromatic heterocycles. The van der Waals surface area contributed by atoms with E-state index in [9.17, 15) is 21.6 Å². The number of rotatable bonds is 4. The summed E-state index contributed by atoms with van der Waals surface area (Å²) in [7, 11) is -3.89. The number of hydrogen-bond acceptors (Lipinski definition) is 2. The van der Waals surface area contributed by atoms with Crippen molar-refractivity contribution in [2.45, 2.75) is 18.0 Å². The molecule has 3 aromatic rings. The molecule has 0 unspecified atom stereocenters. The molecule has 0 fully saturated rings. The van der Waals surface area contributed by atoms with Crippen LogP contribution >= 0.6 is 0 Å². The zero-order valence-corrected chi connectivity index (χ0v) is 14.7. The van der Waals surface area contributed by atoms with Crippen molar-refractivity contribution < 1.29 is 21.6 Å². The molecular formula is C19H16F3NO2S. The second kappa shape index (κ2) is 6.64. The molecule has 3 aromatic carbocycles. The highest BCUT2D eigenvalue weighted by molar-refractivity contribution is 7.92. The number of anilines is 1. The summed E-state index contributed by atoms with van der Waals surface area (Å²) in [5.74, 6) is 0. The molecule has 136 valence electrons. The molecule has 0 aliphatic rings. The highest BCUT2D eigenvalue weighted by Gasteiger charge is 2.31. The largest absolute Gasteiger partial charge is 0.416 e. The number of benzene rings is 3. The van der Waals surface area contributed by atoms with E-state index in [1.165, 1.54) is 18.2 Å². The first-order chi connectivity index (χ1) is 12.2. The average Bonchev–Trinajstić information content (AvgIpc) is 2.61. The number of alkyl halides is 3. The summed E-state index contributed by atoms with van der Waals surface area (Å²) >= 11 is 0. The van der Waals surface area contributed by atoms with E-state index in [4.69, 9.17) is 0 Å². The zero-order chi connectivity index (χ0) is 18.9. The Hall–Kier alpha value is -2.54. The third-order valence-electron chi connectivity index (χ3n) is 4.08. The van der Waals surface area contributed by atoms with E-state index in [1.807, 2.05) is 24.3 Å². The molecule has 0 atom stereocenters. The maximum absolute atomic E-state index is 13.0. The standard InChI is InChI=1S/C19H16F3NO2S/c1-2-23(17-10-8-16(9-11-17)19(20,21)22)26(24,25)18-12-7-14-5-3-4-6-15(14)13-18/h3-13H,2H2,1H3. The molecular weight excluding hydrogens is 363 g/mol. The Labute approximate surface area is 149 Å². The molecule has 3 rings (SSSR count). The first kappa shape index (κ1) is 18.3. The molecule has 0 spiro atoms. The maximum Gasteiger partial charge on any atom is 0.416 e. The summed E-state index contributed by atoms with van der Waals surface area (Å²) < 4.78 is 65.2. The normalized spacial score (nSPS) is 12.3. The number of halogens is 3. The van der Waals surface area contributed by atoms with Gasteiger partial charge in [0.25, 0.3) is 10.0 Å². The first-order valence-corrected chi connectivity index (χ1v) is 9.36. The van der Waals surface area contributed by atoms with Crippen LogP contribution < -0.4 is 4.31 Å². The van der Waals surface area contributed by atoms with Gasteiger partial charge in [0.1, 0.15) is 0 Å². The highest BCUT2D eigenvalue weighted by Crippen LogP contribution is 2.32. The molecule has 0 N–H and O–H groups in total. The lowest BCUT2D eigenvalue weighted by molar-refractivity contribution is -0.137.